The molecule has 8 heteroatoms. The lowest BCUT2D eigenvalue weighted by Gasteiger charge is -2.20. The van der Waals surface area contributed by atoms with Crippen molar-refractivity contribution in [3.8, 4) is 0 Å². The molecule has 1 atom stereocenters. The fourth-order valence-electron chi connectivity index (χ4n) is 2.52. The number of nitrogens with one attached hydrogen (secondary N) is 1. The fraction of sp³-hybridized carbons (Fsp3) is 0.357. The Labute approximate surface area is 129 Å². The highest BCUT2D eigenvalue weighted by atomic mass is 32.2. The first-order valence-electron chi connectivity index (χ1n) is 6.67. The maximum Gasteiger partial charge on any atom is 0.343 e. The number of fused-ring (bicyclic) bond motifs is 1. The minimum atomic E-state index is -2.38. The van der Waals surface area contributed by atoms with Crippen LogP contribution in [0.5, 0.6) is 0 Å². The zero-order valence-corrected chi connectivity index (χ0v) is 12.3. The summed E-state index contributed by atoms with van der Waals surface area (Å²) >= 11 is 1.38. The van der Waals surface area contributed by atoms with E-state index in [1.807, 2.05) is 0 Å². The summed E-state index contributed by atoms with van der Waals surface area (Å²) in [5, 5.41) is 11.5. The molecule has 0 aliphatic carbocycles. The van der Waals surface area contributed by atoms with E-state index in [0.29, 0.717) is 17.0 Å². The first-order chi connectivity index (χ1) is 10.4. The molecule has 116 valence electrons. The van der Waals surface area contributed by atoms with Gasteiger partial charge in [-0.05, 0) is 18.2 Å². The van der Waals surface area contributed by atoms with E-state index in [4.69, 9.17) is 5.11 Å². The smallest absolute Gasteiger partial charge is 0.343 e. The first kappa shape index (κ1) is 14.8. The number of halogens is 1. The number of carbonyl (C=O) groups excluding carboxylic acids is 2. The zero-order chi connectivity index (χ0) is 15.9. The van der Waals surface area contributed by atoms with Crippen molar-refractivity contribution in [2.75, 3.05) is 24.2 Å². The van der Waals surface area contributed by atoms with Gasteiger partial charge in [-0.1, -0.05) is 0 Å². The number of carbonyl (C=O) groups is 3. The molecule has 0 saturated carbocycles. The van der Waals surface area contributed by atoms with E-state index < -0.39 is 24.1 Å². The van der Waals surface area contributed by atoms with Crippen LogP contribution in [-0.2, 0) is 9.59 Å². The molecule has 1 fully saturated rings. The Kier molecular flexibility index (Phi) is 3.56. The Morgan fingerprint density at radius 2 is 2.18 bits per heavy atom. The zero-order valence-electron chi connectivity index (χ0n) is 11.5. The number of nitrogens with zero attached hydrogens (tertiary/aromatic N) is 1. The van der Waals surface area contributed by atoms with E-state index in [1.54, 1.807) is 18.2 Å². The predicted octanol–water partition coefficient (Wildman–Crippen LogP) is 1.37. The lowest BCUT2D eigenvalue weighted by atomic mass is 10.1. The Morgan fingerprint density at radius 3 is 2.86 bits per heavy atom. The van der Waals surface area contributed by atoms with Crippen molar-refractivity contribution in [3.05, 3.63) is 23.8 Å². The number of carboxylic acid groups (broad SMARTS) is 1. The van der Waals surface area contributed by atoms with Crippen LogP contribution in [0.25, 0.3) is 0 Å². The predicted molar refractivity (Wildman–Crippen MR) is 77.8 cm³/mol. The summed E-state index contributed by atoms with van der Waals surface area (Å²) < 4.78 is 14.0. The number of amides is 2. The largest absolute Gasteiger partial charge is 0.479 e. The van der Waals surface area contributed by atoms with Gasteiger partial charge in [-0.3, -0.25) is 9.59 Å². The maximum atomic E-state index is 14.0. The van der Waals surface area contributed by atoms with Crippen molar-refractivity contribution in [3.63, 3.8) is 0 Å². The number of alkyl halides is 1. The van der Waals surface area contributed by atoms with E-state index in [9.17, 15) is 18.8 Å². The average molecular weight is 324 g/mol. The Morgan fingerprint density at radius 1 is 1.41 bits per heavy atom. The molecule has 2 aliphatic heterocycles. The summed E-state index contributed by atoms with van der Waals surface area (Å²) in [5.41, 5.74) is -1.53. The van der Waals surface area contributed by atoms with Gasteiger partial charge in [0.1, 0.15) is 0 Å². The van der Waals surface area contributed by atoms with Crippen LogP contribution < -0.4 is 5.32 Å². The third kappa shape index (κ3) is 2.54. The number of aliphatic carboxylic acids is 1. The van der Waals surface area contributed by atoms with Crippen LogP contribution in [0, 0.1) is 0 Å². The topological polar surface area (TPSA) is 86.7 Å². The molecule has 1 saturated heterocycles. The van der Waals surface area contributed by atoms with Gasteiger partial charge in [0, 0.05) is 23.4 Å². The molecule has 1 unspecified atom stereocenters. The quantitative estimate of drug-likeness (QED) is 0.858. The number of hydrogen-bond acceptors (Lipinski definition) is 4. The van der Waals surface area contributed by atoms with Gasteiger partial charge in [0.25, 0.3) is 5.91 Å². The third-order valence-corrected chi connectivity index (χ3v) is 4.82. The Hall–Kier alpha value is -2.09. The van der Waals surface area contributed by atoms with E-state index in [0.717, 1.165) is 4.90 Å². The van der Waals surface area contributed by atoms with E-state index >= 15 is 0 Å². The van der Waals surface area contributed by atoms with Crippen LogP contribution in [0.4, 0.5) is 10.1 Å². The fourth-order valence-corrected chi connectivity index (χ4v) is 3.31. The lowest BCUT2D eigenvalue weighted by Crippen LogP contribution is -2.38. The number of thioether (sulfide) groups is 1. The van der Waals surface area contributed by atoms with Gasteiger partial charge >= 0.3 is 5.97 Å². The molecule has 1 aromatic carbocycles. The van der Waals surface area contributed by atoms with E-state index in [1.165, 1.54) is 16.7 Å². The van der Waals surface area contributed by atoms with Gasteiger partial charge < -0.3 is 15.3 Å². The molecular weight excluding hydrogens is 311 g/mol. The minimum absolute atomic E-state index is 0.0554. The molecule has 1 aromatic rings. The van der Waals surface area contributed by atoms with Gasteiger partial charge in [0.15, 0.2) is 0 Å². The van der Waals surface area contributed by atoms with Crippen LogP contribution >= 0.6 is 11.8 Å². The summed E-state index contributed by atoms with van der Waals surface area (Å²) in [4.78, 5) is 36.7. The van der Waals surface area contributed by atoms with E-state index in [2.05, 4.69) is 5.32 Å². The summed E-state index contributed by atoms with van der Waals surface area (Å²) in [6, 6.07) is 4.87. The van der Waals surface area contributed by atoms with Crippen LogP contribution in [-0.4, -0.2) is 52.3 Å². The maximum absolute atomic E-state index is 14.0. The molecule has 0 spiro atoms. The number of likely N-dealkylation sites (tertiary alicyclic amines) is 1. The van der Waals surface area contributed by atoms with Crippen molar-refractivity contribution in [1.29, 1.82) is 0 Å². The molecule has 0 aromatic heterocycles. The monoisotopic (exact) mass is 324 g/mol. The number of benzene rings is 1. The van der Waals surface area contributed by atoms with Gasteiger partial charge in [0.05, 0.1) is 18.0 Å². The van der Waals surface area contributed by atoms with E-state index in [-0.39, 0.29) is 18.9 Å². The number of carboxylic acids is 1. The normalized spacial score (nSPS) is 23.9. The molecule has 22 heavy (non-hydrogen) atoms. The Balaban J connectivity index is 1.80. The van der Waals surface area contributed by atoms with Crippen molar-refractivity contribution in [1.82, 2.24) is 4.90 Å². The standard InChI is InChI=1S/C14H13FN2O4S/c15-14(13(20)21)3-4-17(7-14)12(19)8-1-2-10-9(5-8)16-11(18)6-22-10/h1-2,5H,3-4,6-7H2,(H,16,18)(H,20,21). The van der Waals surface area contributed by atoms with Gasteiger partial charge in [0.2, 0.25) is 11.6 Å². The van der Waals surface area contributed by atoms with Crippen LogP contribution in [0.1, 0.15) is 16.8 Å². The summed E-state index contributed by atoms with van der Waals surface area (Å²) in [6.07, 6.45) is -0.217. The molecule has 6 nitrogen and oxygen atoms in total. The van der Waals surface area contributed by atoms with Crippen molar-refractivity contribution < 1.29 is 23.9 Å². The van der Waals surface area contributed by atoms with Gasteiger partial charge in [-0.25, -0.2) is 9.18 Å². The first-order valence-corrected chi connectivity index (χ1v) is 7.66. The number of anilines is 1. The molecule has 0 radical (unpaired) electrons. The molecule has 3 rings (SSSR count). The minimum Gasteiger partial charge on any atom is -0.479 e. The molecule has 2 amide bonds. The summed E-state index contributed by atoms with van der Waals surface area (Å²) in [6.45, 7) is -0.404. The highest BCUT2D eigenvalue weighted by Crippen LogP contribution is 2.33. The molecular formula is C14H13FN2O4S. The summed E-state index contributed by atoms with van der Waals surface area (Å²) in [5.74, 6) is -1.79. The second kappa shape index (κ2) is 5.28. The highest BCUT2D eigenvalue weighted by Gasteiger charge is 2.47. The van der Waals surface area contributed by atoms with Gasteiger partial charge in [-0.2, -0.15) is 0 Å². The second-order valence-corrected chi connectivity index (χ2v) is 6.31. The third-order valence-electron chi connectivity index (χ3n) is 3.75. The lowest BCUT2D eigenvalue weighted by molar-refractivity contribution is -0.149. The van der Waals surface area contributed by atoms with Crippen LogP contribution in [0.2, 0.25) is 0 Å². The van der Waals surface area contributed by atoms with Crippen molar-refractivity contribution in [2.45, 2.75) is 17.0 Å². The number of hydrogen-bond donors (Lipinski definition) is 2. The second-order valence-electron chi connectivity index (χ2n) is 5.29. The SMILES string of the molecule is O=C1CSc2ccc(C(=O)N3CCC(F)(C(=O)O)C3)cc2N1. The average Bonchev–Trinajstić information content (AvgIpc) is 2.89. The molecule has 0 bridgehead atoms. The molecule has 2 aliphatic rings. The highest BCUT2D eigenvalue weighted by molar-refractivity contribution is 8.00. The number of rotatable bonds is 2. The van der Waals surface area contributed by atoms with Crippen LogP contribution in [0.15, 0.2) is 23.1 Å². The van der Waals surface area contributed by atoms with Gasteiger partial charge in [-0.15, -0.1) is 11.8 Å². The molecule has 2 heterocycles. The molecule has 2 N–H and O–H groups in total. The van der Waals surface area contributed by atoms with Crippen LogP contribution in [0.3, 0.4) is 0 Å². The Bertz CT molecular complexity index is 681. The van der Waals surface area contributed by atoms with Crippen molar-refractivity contribution >= 4 is 35.2 Å². The van der Waals surface area contributed by atoms with Crippen molar-refractivity contribution in [2.24, 2.45) is 0 Å². The summed E-state index contributed by atoms with van der Waals surface area (Å²) in [7, 11) is 0.